The molecular formula is C18H25NO13S2. The Morgan fingerprint density at radius 3 is 2.21 bits per heavy atom. The zero-order chi connectivity index (χ0) is 25.0. The van der Waals surface area contributed by atoms with Crippen molar-refractivity contribution in [3.05, 3.63) is 35.4 Å². The Kier molecular flexibility index (Phi) is 7.55. The van der Waals surface area contributed by atoms with E-state index >= 15 is 0 Å². The molecule has 192 valence electrons. The van der Waals surface area contributed by atoms with Crippen molar-refractivity contribution in [1.29, 1.82) is 0 Å². The van der Waals surface area contributed by atoms with Crippen LogP contribution < -0.4 is 9.47 Å². The molecule has 2 aliphatic carbocycles. The number of hydrogen-bond donors (Lipinski definition) is 5. The molecular weight excluding hydrogens is 502 g/mol. The summed E-state index contributed by atoms with van der Waals surface area (Å²) in [5.74, 6) is 1.22. The van der Waals surface area contributed by atoms with Crippen molar-refractivity contribution >= 4 is 26.6 Å². The third-order valence-electron chi connectivity index (χ3n) is 6.34. The van der Waals surface area contributed by atoms with E-state index in [1.807, 2.05) is 13.1 Å². The smallest absolute Gasteiger partial charge is 0.394 e. The lowest BCUT2D eigenvalue weighted by Crippen LogP contribution is -2.74. The van der Waals surface area contributed by atoms with Gasteiger partial charge >= 0.3 is 20.8 Å². The zero-order valence-electron chi connectivity index (χ0n) is 17.9. The van der Waals surface area contributed by atoms with Crippen molar-refractivity contribution in [3.8, 4) is 11.5 Å². The summed E-state index contributed by atoms with van der Waals surface area (Å²) in [5.41, 5.74) is 0.385. The number of ketones is 1. The second-order valence-corrected chi connectivity index (χ2v) is 9.80. The summed E-state index contributed by atoms with van der Waals surface area (Å²) >= 11 is 0. The maximum absolute atomic E-state index is 12.6. The number of benzene rings is 1. The number of methoxy groups -OCH3 is 1. The third-order valence-corrected chi connectivity index (χ3v) is 6.34. The Bertz CT molecular complexity index is 1170. The predicted molar refractivity (Wildman–Crippen MR) is 115 cm³/mol. The molecule has 4 atom stereocenters. The highest BCUT2D eigenvalue weighted by Crippen LogP contribution is 2.63. The first-order valence-corrected chi connectivity index (χ1v) is 12.2. The van der Waals surface area contributed by atoms with Crippen LogP contribution in [0, 0.1) is 0 Å². The van der Waals surface area contributed by atoms with Gasteiger partial charge in [0.25, 0.3) is 0 Å². The Balaban J connectivity index is 0.000000319. The van der Waals surface area contributed by atoms with Crippen molar-refractivity contribution in [2.75, 3.05) is 20.7 Å². The third kappa shape index (κ3) is 4.81. The van der Waals surface area contributed by atoms with Gasteiger partial charge in [0, 0.05) is 11.6 Å². The summed E-state index contributed by atoms with van der Waals surface area (Å²) in [5, 5.41) is 11.7. The molecule has 34 heavy (non-hydrogen) atoms. The number of rotatable bonds is 1. The lowest BCUT2D eigenvalue weighted by Gasteiger charge is -2.60. The Labute approximate surface area is 195 Å². The monoisotopic (exact) mass is 527 g/mol. The van der Waals surface area contributed by atoms with Crippen LogP contribution in [0.15, 0.2) is 24.3 Å². The predicted octanol–water partition coefficient (Wildman–Crippen LogP) is -1.31. The molecule has 14 nitrogen and oxygen atoms in total. The molecule has 2 heterocycles. The summed E-state index contributed by atoms with van der Waals surface area (Å²) in [7, 11) is -5.69. The van der Waals surface area contributed by atoms with E-state index in [1.54, 1.807) is 13.2 Å². The van der Waals surface area contributed by atoms with Gasteiger partial charge in [-0.2, -0.15) is 16.8 Å². The maximum atomic E-state index is 12.6. The van der Waals surface area contributed by atoms with Crippen LogP contribution >= 0.6 is 0 Å². The molecule has 7 N–H and O–H groups in total. The standard InChI is InChI=1S/C18H19NO4.2H2O4S.H2O/c1-19-8-7-17-14-10-3-4-12(22-2)15(14)23-16(17)11(20)5-6-18(17,21)13(19)9-10;2*1-5(2,3)4;/h3-6,13,16,21H,7-9H2,1-2H3;2*(H2,1,2,3,4);1H2/t13-,16?,17+,18-;;;/m1.../s1. The van der Waals surface area contributed by atoms with Gasteiger partial charge in [-0.05, 0) is 50.2 Å². The van der Waals surface area contributed by atoms with Crippen molar-refractivity contribution in [2.45, 2.75) is 36.0 Å². The van der Waals surface area contributed by atoms with Crippen molar-refractivity contribution in [2.24, 2.45) is 0 Å². The number of piperidine rings is 1. The van der Waals surface area contributed by atoms with Crippen LogP contribution in [0.4, 0.5) is 0 Å². The van der Waals surface area contributed by atoms with Gasteiger partial charge in [0.15, 0.2) is 23.4 Å². The molecule has 1 saturated heterocycles. The molecule has 0 saturated carbocycles. The highest BCUT2D eigenvalue weighted by atomic mass is 32.3. The normalized spacial score (nSPS) is 30.4. The van der Waals surface area contributed by atoms with Crippen molar-refractivity contribution in [3.63, 3.8) is 0 Å². The fourth-order valence-corrected chi connectivity index (χ4v) is 5.28. The highest BCUT2D eigenvalue weighted by molar-refractivity contribution is 7.80. The van der Waals surface area contributed by atoms with Crippen LogP contribution in [-0.4, -0.2) is 94.8 Å². The molecule has 0 radical (unpaired) electrons. The molecule has 0 aromatic heterocycles. The molecule has 16 heteroatoms. The first kappa shape index (κ1) is 28.1. The van der Waals surface area contributed by atoms with Crippen LogP contribution in [0.5, 0.6) is 11.5 Å². The SMILES string of the molecule is COc1ccc2c3c1OC1C(=O)C=C[C@@]4(O)[C@@H](C2)N(C)CC[C@]314.O.O=S(=O)(O)O.O=S(=O)(O)O. The lowest BCUT2D eigenvalue weighted by molar-refractivity contribution is -0.151. The van der Waals surface area contributed by atoms with Gasteiger partial charge in [0.2, 0.25) is 0 Å². The van der Waals surface area contributed by atoms with Gasteiger partial charge in [-0.1, -0.05) is 6.07 Å². The number of ether oxygens (including phenoxy) is 2. The molecule has 2 bridgehead atoms. The number of aliphatic hydroxyl groups is 1. The van der Waals surface area contributed by atoms with Gasteiger partial charge < -0.3 is 20.1 Å². The van der Waals surface area contributed by atoms with E-state index in [2.05, 4.69) is 11.0 Å². The number of nitrogens with zero attached hydrogens (tertiary/aromatic N) is 1. The van der Waals surface area contributed by atoms with Crippen LogP contribution in [0.1, 0.15) is 17.5 Å². The minimum absolute atomic E-state index is 0. The van der Waals surface area contributed by atoms with Crippen LogP contribution in [0.3, 0.4) is 0 Å². The quantitative estimate of drug-likeness (QED) is 0.267. The minimum atomic E-state index is -4.67. The Morgan fingerprint density at radius 2 is 1.68 bits per heavy atom. The number of carbonyl (C=O) groups is 1. The average Bonchev–Trinajstić information content (AvgIpc) is 3.01. The zero-order valence-corrected chi connectivity index (χ0v) is 19.6. The molecule has 1 aromatic carbocycles. The molecule has 4 aliphatic rings. The number of carbonyl (C=O) groups excluding carboxylic acids is 1. The van der Waals surface area contributed by atoms with Crippen LogP contribution in [0.25, 0.3) is 0 Å². The Morgan fingerprint density at radius 1 is 1.12 bits per heavy atom. The molecule has 1 spiro atoms. The molecule has 1 aromatic rings. The largest absolute Gasteiger partial charge is 0.493 e. The molecule has 1 fully saturated rings. The first-order chi connectivity index (χ1) is 15.0. The average molecular weight is 528 g/mol. The molecule has 0 amide bonds. The summed E-state index contributed by atoms with van der Waals surface area (Å²) in [6.07, 6.45) is 4.00. The molecule has 2 aliphatic heterocycles. The molecule has 1 unspecified atom stereocenters. The van der Waals surface area contributed by atoms with E-state index in [0.29, 0.717) is 17.9 Å². The number of hydrogen-bond acceptors (Lipinski definition) is 9. The van der Waals surface area contributed by atoms with E-state index in [0.717, 1.165) is 24.1 Å². The lowest BCUT2D eigenvalue weighted by atomic mass is 9.51. The van der Waals surface area contributed by atoms with Crippen LogP contribution in [-0.2, 0) is 37.4 Å². The number of likely N-dealkylation sites (N-methyl/N-ethyl adjacent to an activating group) is 1. The highest BCUT2D eigenvalue weighted by Gasteiger charge is 2.71. The van der Waals surface area contributed by atoms with E-state index in [1.165, 1.54) is 6.08 Å². The summed E-state index contributed by atoms with van der Waals surface area (Å²) < 4.78 is 74.7. The van der Waals surface area contributed by atoms with E-state index < -0.39 is 37.9 Å². The van der Waals surface area contributed by atoms with Gasteiger partial charge in [0.05, 0.1) is 12.5 Å². The summed E-state index contributed by atoms with van der Waals surface area (Å²) in [6, 6.07) is 3.92. The van der Waals surface area contributed by atoms with Gasteiger partial charge in [-0.15, -0.1) is 0 Å². The van der Waals surface area contributed by atoms with Crippen molar-refractivity contribution in [1.82, 2.24) is 4.90 Å². The van der Waals surface area contributed by atoms with Gasteiger partial charge in [0.1, 0.15) is 5.60 Å². The minimum Gasteiger partial charge on any atom is -0.493 e. The van der Waals surface area contributed by atoms with E-state index in [4.69, 9.17) is 44.5 Å². The summed E-state index contributed by atoms with van der Waals surface area (Å²) in [4.78, 5) is 14.8. The second-order valence-electron chi connectivity index (χ2n) is 8.01. The topological polar surface area (TPSA) is 240 Å². The van der Waals surface area contributed by atoms with E-state index in [-0.39, 0.29) is 17.3 Å². The molecule has 5 rings (SSSR count). The summed E-state index contributed by atoms with van der Waals surface area (Å²) in [6.45, 7) is 0.837. The first-order valence-electron chi connectivity index (χ1n) is 9.45. The van der Waals surface area contributed by atoms with Crippen molar-refractivity contribution < 1.29 is 59.9 Å². The van der Waals surface area contributed by atoms with Gasteiger partial charge in [-0.3, -0.25) is 27.9 Å². The van der Waals surface area contributed by atoms with Gasteiger partial charge in [-0.25, -0.2) is 0 Å². The fraction of sp³-hybridized carbons (Fsp3) is 0.500. The van der Waals surface area contributed by atoms with E-state index in [9.17, 15) is 9.90 Å². The Hall–Kier alpha value is -2.15. The fourth-order valence-electron chi connectivity index (χ4n) is 5.28. The number of likely N-dealkylation sites (tertiary alicyclic amines) is 1. The second kappa shape index (κ2) is 9.14. The maximum Gasteiger partial charge on any atom is 0.394 e. The van der Waals surface area contributed by atoms with Crippen LogP contribution in [0.2, 0.25) is 0 Å².